The summed E-state index contributed by atoms with van der Waals surface area (Å²) in [7, 11) is 0. The molecule has 0 spiro atoms. The molecule has 0 aromatic rings. The summed E-state index contributed by atoms with van der Waals surface area (Å²) in [6.45, 7) is 3.04. The van der Waals surface area contributed by atoms with Crippen molar-refractivity contribution in [3.05, 3.63) is 0 Å². The molecule has 0 aliphatic heterocycles. The van der Waals surface area contributed by atoms with Crippen LogP contribution in [0, 0.1) is 12.0 Å². The number of carbonyl (C=O) groups excluding carboxylic acids is 1. The Balaban J connectivity index is 3.59. The number of rotatable bonds is 1. The van der Waals surface area contributed by atoms with E-state index in [9.17, 15) is 9.90 Å². The number of ether oxygens (including phenoxy) is 1. The van der Waals surface area contributed by atoms with E-state index in [0.717, 1.165) is 0 Å². The molecule has 1 unspecified atom stereocenters. The second-order valence-corrected chi connectivity index (χ2v) is 1.70. The van der Waals surface area contributed by atoms with Gasteiger partial charge in [0, 0.05) is 6.42 Å². The molecule has 3 heteroatoms. The minimum Gasteiger partial charge on any atom is -0.370 e. The first-order valence-electron chi connectivity index (χ1n) is 3.02. The Hall–Kier alpha value is -1.01. The summed E-state index contributed by atoms with van der Waals surface area (Å²) in [5, 5.41) is 10.3. The van der Waals surface area contributed by atoms with E-state index in [-0.39, 0.29) is 0 Å². The second-order valence-electron chi connectivity index (χ2n) is 1.70. The maximum absolute atomic E-state index is 10.4. The number of hydrogen-bond acceptors (Lipinski definition) is 2. The zero-order valence-electron chi connectivity index (χ0n) is 6.01. The van der Waals surface area contributed by atoms with Gasteiger partial charge >= 0.3 is 5.97 Å². The molecule has 0 heterocycles. The summed E-state index contributed by atoms with van der Waals surface area (Å²) >= 11 is 0. The molecule has 0 amide bonds. The van der Waals surface area contributed by atoms with Gasteiger partial charge in [-0.05, 0) is 6.92 Å². The topological polar surface area (TPSA) is 46.2 Å². The molecule has 10 heavy (non-hydrogen) atoms. The lowest BCUT2D eigenvalue weighted by atomic mass is 10.4. The van der Waals surface area contributed by atoms with Gasteiger partial charge in [0.05, 0.1) is 0 Å². The van der Waals surface area contributed by atoms with Crippen molar-refractivity contribution in [3.8, 4) is 12.0 Å². The Kier molecular flexibility index (Phi) is 4.34. The molecule has 1 atom stereocenters. The Morgan fingerprint density at radius 2 is 2.30 bits per heavy atom. The van der Waals surface area contributed by atoms with Crippen LogP contribution in [0.3, 0.4) is 0 Å². The fraction of sp³-hybridized carbons (Fsp3) is 0.571. The highest BCUT2D eigenvalue weighted by Gasteiger charge is 2.10. The van der Waals surface area contributed by atoms with Crippen molar-refractivity contribution in [2.45, 2.75) is 26.4 Å². The molecule has 0 aromatic heterocycles. The fourth-order valence-electron chi connectivity index (χ4n) is 0.242. The molecule has 0 fully saturated rings. The Bertz CT molecular complexity index is 161. The SMILES string of the molecule is CCC#COC(=O)C(C)[O]. The Morgan fingerprint density at radius 1 is 1.70 bits per heavy atom. The van der Waals surface area contributed by atoms with Crippen molar-refractivity contribution in [1.29, 1.82) is 0 Å². The summed E-state index contributed by atoms with van der Waals surface area (Å²) in [5.41, 5.74) is 0. The molecule has 0 aliphatic rings. The molecule has 0 aromatic carbocycles. The summed E-state index contributed by atoms with van der Waals surface area (Å²) in [6.07, 6.45) is 1.39. The number of hydrogen-bond donors (Lipinski definition) is 0. The summed E-state index contributed by atoms with van der Waals surface area (Å²) in [6, 6.07) is 0. The van der Waals surface area contributed by atoms with E-state index in [1.165, 1.54) is 6.92 Å². The molecule has 0 saturated carbocycles. The summed E-state index contributed by atoms with van der Waals surface area (Å²) in [4.78, 5) is 10.4. The number of esters is 1. The zero-order chi connectivity index (χ0) is 7.98. The minimum atomic E-state index is -1.34. The zero-order valence-corrected chi connectivity index (χ0v) is 6.01. The van der Waals surface area contributed by atoms with Gasteiger partial charge in [0.25, 0.3) is 0 Å². The maximum Gasteiger partial charge on any atom is 0.352 e. The molecule has 0 rings (SSSR count). The van der Waals surface area contributed by atoms with Crippen LogP contribution in [0.15, 0.2) is 0 Å². The molecular formula is C7H9O3. The van der Waals surface area contributed by atoms with Crippen molar-refractivity contribution in [2.24, 2.45) is 0 Å². The number of carbonyl (C=O) groups is 1. The van der Waals surface area contributed by atoms with Crippen molar-refractivity contribution in [2.75, 3.05) is 0 Å². The molecule has 0 N–H and O–H groups in total. The van der Waals surface area contributed by atoms with Gasteiger partial charge in [-0.2, -0.15) is 0 Å². The standard InChI is InChI=1S/C7H9O3/c1-3-4-5-10-7(9)6(2)8/h6H,3H2,1-2H3. The van der Waals surface area contributed by atoms with Gasteiger partial charge in [0.1, 0.15) is 6.11 Å². The van der Waals surface area contributed by atoms with E-state index < -0.39 is 12.1 Å². The van der Waals surface area contributed by atoms with Gasteiger partial charge in [0.15, 0.2) is 6.10 Å². The first kappa shape index (κ1) is 8.99. The fourth-order valence-corrected chi connectivity index (χ4v) is 0.242. The van der Waals surface area contributed by atoms with Gasteiger partial charge in [-0.1, -0.05) is 12.8 Å². The van der Waals surface area contributed by atoms with Crippen molar-refractivity contribution in [3.63, 3.8) is 0 Å². The molecule has 0 bridgehead atoms. The van der Waals surface area contributed by atoms with E-state index in [4.69, 9.17) is 0 Å². The lowest BCUT2D eigenvalue weighted by molar-refractivity contribution is -0.148. The molecular weight excluding hydrogens is 132 g/mol. The van der Waals surface area contributed by atoms with Gasteiger partial charge < -0.3 is 4.74 Å². The lowest BCUT2D eigenvalue weighted by Crippen LogP contribution is -2.15. The molecule has 55 valence electrons. The Morgan fingerprint density at radius 3 is 2.70 bits per heavy atom. The van der Waals surface area contributed by atoms with Crippen molar-refractivity contribution < 1.29 is 14.6 Å². The average molecular weight is 141 g/mol. The molecule has 0 saturated heterocycles. The highest BCUT2D eigenvalue weighted by Crippen LogP contribution is 1.85. The van der Waals surface area contributed by atoms with Gasteiger partial charge in [0.2, 0.25) is 0 Å². The van der Waals surface area contributed by atoms with E-state index in [2.05, 4.69) is 16.8 Å². The first-order chi connectivity index (χ1) is 4.68. The van der Waals surface area contributed by atoms with Crippen LogP contribution < -0.4 is 0 Å². The van der Waals surface area contributed by atoms with E-state index in [1.54, 1.807) is 0 Å². The molecule has 0 aliphatic carbocycles. The maximum atomic E-state index is 10.4. The van der Waals surface area contributed by atoms with Crippen LogP contribution >= 0.6 is 0 Å². The van der Waals surface area contributed by atoms with Crippen LogP contribution in [0.4, 0.5) is 0 Å². The molecule has 1 radical (unpaired) electrons. The van der Waals surface area contributed by atoms with Crippen LogP contribution in [0.5, 0.6) is 0 Å². The minimum absolute atomic E-state index is 0.612. The third-order valence-electron chi connectivity index (χ3n) is 0.732. The normalized spacial score (nSPS) is 11.1. The van der Waals surface area contributed by atoms with Crippen molar-refractivity contribution >= 4 is 5.97 Å². The Labute approximate surface area is 60.0 Å². The summed E-state index contributed by atoms with van der Waals surface area (Å²) < 4.78 is 4.23. The second kappa shape index (κ2) is 4.83. The predicted octanol–water partition coefficient (Wildman–Crippen LogP) is 0.719. The van der Waals surface area contributed by atoms with E-state index in [1.807, 2.05) is 6.92 Å². The van der Waals surface area contributed by atoms with Crippen LogP contribution in [0.2, 0.25) is 0 Å². The largest absolute Gasteiger partial charge is 0.370 e. The predicted molar refractivity (Wildman–Crippen MR) is 34.3 cm³/mol. The third kappa shape index (κ3) is 3.93. The monoisotopic (exact) mass is 141 g/mol. The first-order valence-corrected chi connectivity index (χ1v) is 3.02. The highest BCUT2D eigenvalue weighted by atomic mass is 16.5. The van der Waals surface area contributed by atoms with E-state index >= 15 is 0 Å². The average Bonchev–Trinajstić information content (AvgIpc) is 1.88. The smallest absolute Gasteiger partial charge is 0.352 e. The molecule has 3 nitrogen and oxygen atoms in total. The third-order valence-corrected chi connectivity index (χ3v) is 0.732. The van der Waals surface area contributed by atoms with Crippen LogP contribution in [-0.2, 0) is 14.6 Å². The van der Waals surface area contributed by atoms with Gasteiger partial charge in [-0.15, -0.1) is 0 Å². The van der Waals surface area contributed by atoms with Gasteiger partial charge in [-0.25, -0.2) is 9.90 Å². The summed E-state index contributed by atoms with van der Waals surface area (Å²) in [5.74, 6) is 1.68. The van der Waals surface area contributed by atoms with Crippen LogP contribution in [-0.4, -0.2) is 12.1 Å². The van der Waals surface area contributed by atoms with Gasteiger partial charge in [-0.3, -0.25) is 0 Å². The van der Waals surface area contributed by atoms with E-state index in [0.29, 0.717) is 6.42 Å². The quantitative estimate of drug-likeness (QED) is 0.399. The lowest BCUT2D eigenvalue weighted by Gasteiger charge is -1.93. The van der Waals surface area contributed by atoms with Crippen LogP contribution in [0.25, 0.3) is 0 Å². The highest BCUT2D eigenvalue weighted by molar-refractivity contribution is 5.74. The van der Waals surface area contributed by atoms with Crippen LogP contribution in [0.1, 0.15) is 20.3 Å². The van der Waals surface area contributed by atoms with Crippen molar-refractivity contribution in [1.82, 2.24) is 0 Å².